The Hall–Kier alpha value is -1.35. The van der Waals surface area contributed by atoms with E-state index in [-0.39, 0.29) is 0 Å². The molecular weight excluding hydrogens is 210 g/mol. The smallest absolute Gasteiger partial charge is 0.142 e. The van der Waals surface area contributed by atoms with Gasteiger partial charge in [-0.3, -0.25) is 4.99 Å². The van der Waals surface area contributed by atoms with Crippen molar-refractivity contribution >= 4 is 5.84 Å². The van der Waals surface area contributed by atoms with Crippen LogP contribution in [0.4, 0.5) is 0 Å². The number of nitrogens with two attached hydrogens (primary N) is 1. The Morgan fingerprint density at radius 2 is 1.82 bits per heavy atom. The fourth-order valence-electron chi connectivity index (χ4n) is 2.30. The highest BCUT2D eigenvalue weighted by molar-refractivity contribution is 5.98. The summed E-state index contributed by atoms with van der Waals surface area (Å²) in [6, 6.07) is 8.75. The summed E-state index contributed by atoms with van der Waals surface area (Å²) in [5, 5.41) is 0. The van der Waals surface area contributed by atoms with Crippen LogP contribution in [0.3, 0.4) is 0 Å². The summed E-state index contributed by atoms with van der Waals surface area (Å²) in [6.45, 7) is 2.08. The Morgan fingerprint density at radius 1 is 1.18 bits per heavy atom. The van der Waals surface area contributed by atoms with Gasteiger partial charge in [0, 0.05) is 5.56 Å². The average molecular weight is 231 g/mol. The zero-order chi connectivity index (χ0) is 12.1. The standard InChI is InChI=1S/C14H21N3/c1-11-7-9-12(10-8-11)14(17-15)16-13-5-3-2-4-6-13/h7-10,13H,2-6,15H2,1H3,(H,16,17). The Kier molecular flexibility index (Phi) is 4.15. The molecule has 0 bridgehead atoms. The zero-order valence-corrected chi connectivity index (χ0v) is 10.4. The van der Waals surface area contributed by atoms with Crippen LogP contribution in [0.25, 0.3) is 0 Å². The van der Waals surface area contributed by atoms with Crippen molar-refractivity contribution in [2.45, 2.75) is 45.1 Å². The molecule has 0 unspecified atom stereocenters. The van der Waals surface area contributed by atoms with Crippen molar-refractivity contribution in [2.24, 2.45) is 10.8 Å². The Morgan fingerprint density at radius 3 is 2.41 bits per heavy atom. The molecule has 3 N–H and O–H groups in total. The van der Waals surface area contributed by atoms with E-state index in [9.17, 15) is 0 Å². The molecule has 1 aromatic rings. The summed E-state index contributed by atoms with van der Waals surface area (Å²) in [5.74, 6) is 6.40. The van der Waals surface area contributed by atoms with Gasteiger partial charge in [-0.1, -0.05) is 49.1 Å². The number of hydrogen-bond acceptors (Lipinski definition) is 2. The summed E-state index contributed by atoms with van der Waals surface area (Å²) < 4.78 is 0. The average Bonchev–Trinajstić information content (AvgIpc) is 2.38. The van der Waals surface area contributed by atoms with Crippen LogP contribution in [-0.2, 0) is 0 Å². The molecule has 0 atom stereocenters. The summed E-state index contributed by atoms with van der Waals surface area (Å²) in [4.78, 5) is 4.73. The molecule has 0 aromatic heterocycles. The van der Waals surface area contributed by atoms with Gasteiger partial charge in [0.2, 0.25) is 0 Å². The second-order valence-electron chi connectivity index (χ2n) is 4.78. The van der Waals surface area contributed by atoms with Gasteiger partial charge in [0.05, 0.1) is 6.04 Å². The van der Waals surface area contributed by atoms with E-state index in [0.717, 1.165) is 11.4 Å². The molecule has 2 rings (SSSR count). The predicted molar refractivity (Wildman–Crippen MR) is 71.9 cm³/mol. The summed E-state index contributed by atoms with van der Waals surface area (Å²) in [7, 11) is 0. The maximum Gasteiger partial charge on any atom is 0.142 e. The number of benzene rings is 1. The van der Waals surface area contributed by atoms with E-state index < -0.39 is 0 Å². The lowest BCUT2D eigenvalue weighted by Crippen LogP contribution is -2.32. The number of hydrogen-bond donors (Lipinski definition) is 2. The van der Waals surface area contributed by atoms with E-state index in [4.69, 9.17) is 10.8 Å². The number of nitrogens with zero attached hydrogens (tertiary/aromatic N) is 1. The van der Waals surface area contributed by atoms with Gasteiger partial charge in [0.25, 0.3) is 0 Å². The molecule has 0 spiro atoms. The number of rotatable bonds is 2. The van der Waals surface area contributed by atoms with Gasteiger partial charge in [-0.05, 0) is 19.8 Å². The van der Waals surface area contributed by atoms with Gasteiger partial charge in [-0.2, -0.15) is 0 Å². The maximum absolute atomic E-state index is 5.58. The van der Waals surface area contributed by atoms with Crippen LogP contribution in [-0.4, -0.2) is 11.9 Å². The van der Waals surface area contributed by atoms with E-state index in [1.54, 1.807) is 0 Å². The van der Waals surface area contributed by atoms with Crippen molar-refractivity contribution in [3.63, 3.8) is 0 Å². The zero-order valence-electron chi connectivity index (χ0n) is 10.4. The summed E-state index contributed by atoms with van der Waals surface area (Å²) in [6.07, 6.45) is 6.32. The molecule has 0 saturated heterocycles. The van der Waals surface area contributed by atoms with Gasteiger partial charge in [-0.25, -0.2) is 5.84 Å². The number of aryl methyl sites for hydroxylation is 1. The highest BCUT2D eigenvalue weighted by atomic mass is 15.3. The molecule has 0 amide bonds. The number of amidine groups is 1. The van der Waals surface area contributed by atoms with Crippen LogP contribution in [0.15, 0.2) is 29.3 Å². The number of aliphatic imine (C=N–C) groups is 1. The number of hydrazine groups is 1. The molecular formula is C14H21N3. The molecule has 3 heteroatoms. The Bertz CT molecular complexity index is 375. The van der Waals surface area contributed by atoms with Gasteiger partial charge in [0.1, 0.15) is 5.84 Å². The van der Waals surface area contributed by atoms with E-state index in [1.807, 2.05) is 0 Å². The Labute approximate surface area is 103 Å². The van der Waals surface area contributed by atoms with Crippen LogP contribution in [0.5, 0.6) is 0 Å². The minimum atomic E-state index is 0.441. The Balaban J connectivity index is 2.14. The van der Waals surface area contributed by atoms with Gasteiger partial charge < -0.3 is 5.43 Å². The third-order valence-electron chi connectivity index (χ3n) is 3.35. The van der Waals surface area contributed by atoms with Crippen molar-refractivity contribution in [1.82, 2.24) is 5.43 Å². The third kappa shape index (κ3) is 3.30. The van der Waals surface area contributed by atoms with Crippen LogP contribution in [0.2, 0.25) is 0 Å². The highest BCUT2D eigenvalue weighted by Crippen LogP contribution is 2.20. The summed E-state index contributed by atoms with van der Waals surface area (Å²) in [5.41, 5.74) is 5.06. The molecule has 3 nitrogen and oxygen atoms in total. The SMILES string of the molecule is Cc1ccc(C(=NC2CCCCC2)NN)cc1. The number of nitrogens with one attached hydrogen (secondary N) is 1. The molecule has 92 valence electrons. The lowest BCUT2D eigenvalue weighted by atomic mass is 9.96. The van der Waals surface area contributed by atoms with E-state index in [0.29, 0.717) is 6.04 Å². The van der Waals surface area contributed by atoms with Crippen molar-refractivity contribution in [2.75, 3.05) is 0 Å². The predicted octanol–water partition coefficient (Wildman–Crippen LogP) is 2.54. The van der Waals surface area contributed by atoms with Crippen LogP contribution < -0.4 is 11.3 Å². The fraction of sp³-hybridized carbons (Fsp3) is 0.500. The lowest BCUT2D eigenvalue weighted by Gasteiger charge is -2.19. The highest BCUT2D eigenvalue weighted by Gasteiger charge is 2.13. The monoisotopic (exact) mass is 231 g/mol. The normalized spacial score (nSPS) is 18.1. The first-order valence-corrected chi connectivity index (χ1v) is 6.41. The largest absolute Gasteiger partial charge is 0.308 e. The van der Waals surface area contributed by atoms with Crippen molar-refractivity contribution in [3.05, 3.63) is 35.4 Å². The van der Waals surface area contributed by atoms with Crippen LogP contribution in [0, 0.1) is 6.92 Å². The molecule has 1 fully saturated rings. The van der Waals surface area contributed by atoms with Crippen LogP contribution in [0.1, 0.15) is 43.2 Å². The van der Waals surface area contributed by atoms with Crippen molar-refractivity contribution in [1.29, 1.82) is 0 Å². The van der Waals surface area contributed by atoms with E-state index >= 15 is 0 Å². The second-order valence-corrected chi connectivity index (χ2v) is 4.78. The van der Waals surface area contributed by atoms with E-state index in [2.05, 4.69) is 36.6 Å². The topological polar surface area (TPSA) is 50.4 Å². The minimum Gasteiger partial charge on any atom is -0.308 e. The third-order valence-corrected chi connectivity index (χ3v) is 3.35. The first-order valence-electron chi connectivity index (χ1n) is 6.41. The molecule has 1 aromatic carbocycles. The summed E-state index contributed by atoms with van der Waals surface area (Å²) >= 11 is 0. The molecule has 1 saturated carbocycles. The molecule has 1 aliphatic rings. The second kappa shape index (κ2) is 5.82. The molecule has 17 heavy (non-hydrogen) atoms. The van der Waals surface area contributed by atoms with Crippen molar-refractivity contribution in [3.8, 4) is 0 Å². The van der Waals surface area contributed by atoms with E-state index in [1.165, 1.54) is 37.7 Å². The van der Waals surface area contributed by atoms with Crippen molar-refractivity contribution < 1.29 is 0 Å². The lowest BCUT2D eigenvalue weighted by molar-refractivity contribution is 0.442. The molecule has 0 radical (unpaired) electrons. The molecule has 0 aliphatic heterocycles. The maximum atomic E-state index is 5.58. The van der Waals surface area contributed by atoms with Crippen LogP contribution >= 0.6 is 0 Å². The van der Waals surface area contributed by atoms with Gasteiger partial charge in [0.15, 0.2) is 0 Å². The van der Waals surface area contributed by atoms with Gasteiger partial charge >= 0.3 is 0 Å². The quantitative estimate of drug-likeness (QED) is 0.356. The molecule has 1 aliphatic carbocycles. The molecule has 0 heterocycles. The van der Waals surface area contributed by atoms with Gasteiger partial charge in [-0.15, -0.1) is 0 Å². The fourth-order valence-corrected chi connectivity index (χ4v) is 2.30. The first-order chi connectivity index (χ1) is 8.29. The minimum absolute atomic E-state index is 0.441. The first kappa shape index (κ1) is 12.1.